The third-order valence-electron chi connectivity index (χ3n) is 3.67. The van der Waals surface area contributed by atoms with Crippen molar-refractivity contribution in [2.24, 2.45) is 5.73 Å². The lowest BCUT2D eigenvalue weighted by atomic mass is 10.2. The van der Waals surface area contributed by atoms with Crippen LogP contribution in [0.15, 0.2) is 53.3 Å². The monoisotopic (exact) mass is 328 g/mol. The molecule has 0 aliphatic heterocycles. The first-order chi connectivity index (χ1) is 11.1. The molecule has 1 aromatic heterocycles. The van der Waals surface area contributed by atoms with E-state index in [9.17, 15) is 4.79 Å². The van der Waals surface area contributed by atoms with Crippen molar-refractivity contribution < 1.29 is 0 Å². The molecule has 1 heterocycles. The standard InChI is InChI=1S/C17H17ClN4O/c1-21(10-9-19)16-14-8-7-12(18)11-15(14)22(17(23)20-16)13-5-3-2-4-6-13/h2-8,11H,9-10,19H2,1H3. The van der Waals surface area contributed by atoms with E-state index < -0.39 is 0 Å². The summed E-state index contributed by atoms with van der Waals surface area (Å²) in [5.74, 6) is 0.610. The van der Waals surface area contributed by atoms with Crippen molar-refractivity contribution in [3.05, 3.63) is 64.0 Å². The van der Waals surface area contributed by atoms with E-state index >= 15 is 0 Å². The quantitative estimate of drug-likeness (QED) is 0.799. The maximum atomic E-state index is 12.6. The van der Waals surface area contributed by atoms with E-state index in [1.165, 1.54) is 0 Å². The Labute approximate surface area is 138 Å². The Morgan fingerprint density at radius 3 is 2.65 bits per heavy atom. The Bertz CT molecular complexity index is 892. The minimum Gasteiger partial charge on any atom is -0.358 e. The van der Waals surface area contributed by atoms with E-state index in [-0.39, 0.29) is 5.69 Å². The molecule has 5 nitrogen and oxygen atoms in total. The Balaban J connectivity index is 2.35. The van der Waals surface area contributed by atoms with Gasteiger partial charge >= 0.3 is 5.69 Å². The number of hydrogen-bond acceptors (Lipinski definition) is 4. The molecule has 3 aromatic rings. The van der Waals surface area contributed by atoms with Crippen molar-refractivity contribution in [1.29, 1.82) is 0 Å². The summed E-state index contributed by atoms with van der Waals surface area (Å²) in [6, 6.07) is 14.9. The topological polar surface area (TPSA) is 64.2 Å². The second-order valence-electron chi connectivity index (χ2n) is 5.26. The number of fused-ring (bicyclic) bond motifs is 1. The summed E-state index contributed by atoms with van der Waals surface area (Å²) >= 11 is 6.15. The van der Waals surface area contributed by atoms with Crippen LogP contribution in [0.4, 0.5) is 5.82 Å². The van der Waals surface area contributed by atoms with Gasteiger partial charge in [-0.1, -0.05) is 29.8 Å². The molecular weight excluding hydrogens is 312 g/mol. The third kappa shape index (κ3) is 2.93. The molecule has 6 heteroatoms. The number of nitrogens with zero attached hydrogens (tertiary/aromatic N) is 3. The van der Waals surface area contributed by atoms with Gasteiger partial charge in [0.25, 0.3) is 0 Å². The first kappa shape index (κ1) is 15.5. The van der Waals surface area contributed by atoms with E-state index in [0.717, 1.165) is 16.6 Å². The lowest BCUT2D eigenvalue weighted by molar-refractivity contribution is 0.853. The van der Waals surface area contributed by atoms with Gasteiger partial charge in [-0.3, -0.25) is 4.57 Å². The molecule has 3 rings (SSSR count). The fourth-order valence-electron chi connectivity index (χ4n) is 2.60. The molecule has 0 spiro atoms. The molecule has 23 heavy (non-hydrogen) atoms. The van der Waals surface area contributed by atoms with Crippen LogP contribution in [-0.4, -0.2) is 29.7 Å². The van der Waals surface area contributed by atoms with Crippen LogP contribution in [0.2, 0.25) is 5.02 Å². The minimum atomic E-state index is -0.343. The van der Waals surface area contributed by atoms with E-state index in [4.69, 9.17) is 17.3 Å². The Morgan fingerprint density at radius 2 is 1.96 bits per heavy atom. The number of rotatable bonds is 4. The van der Waals surface area contributed by atoms with Gasteiger partial charge in [0.1, 0.15) is 5.82 Å². The number of benzene rings is 2. The number of halogens is 1. The molecule has 2 N–H and O–H groups in total. The van der Waals surface area contributed by atoms with Gasteiger partial charge in [0, 0.05) is 30.5 Å². The predicted molar refractivity (Wildman–Crippen MR) is 94.7 cm³/mol. The van der Waals surface area contributed by atoms with E-state index in [2.05, 4.69) is 4.98 Å². The Hall–Kier alpha value is -2.37. The molecule has 2 aromatic carbocycles. The van der Waals surface area contributed by atoms with Crippen LogP contribution in [-0.2, 0) is 0 Å². The zero-order chi connectivity index (χ0) is 16.4. The number of anilines is 1. The van der Waals surface area contributed by atoms with Gasteiger partial charge < -0.3 is 10.6 Å². The zero-order valence-corrected chi connectivity index (χ0v) is 13.5. The van der Waals surface area contributed by atoms with Crippen LogP contribution >= 0.6 is 11.6 Å². The van der Waals surface area contributed by atoms with Crippen LogP contribution in [0.1, 0.15) is 0 Å². The van der Waals surface area contributed by atoms with Crippen LogP contribution in [0.5, 0.6) is 0 Å². The SMILES string of the molecule is CN(CCN)c1nc(=O)n(-c2ccccc2)c2cc(Cl)ccc12. The average molecular weight is 329 g/mol. The van der Waals surface area contributed by atoms with Crippen LogP contribution in [0.25, 0.3) is 16.6 Å². The fourth-order valence-corrected chi connectivity index (χ4v) is 2.77. The van der Waals surface area contributed by atoms with Crippen molar-refractivity contribution in [2.45, 2.75) is 0 Å². The second-order valence-corrected chi connectivity index (χ2v) is 5.70. The second kappa shape index (κ2) is 6.40. The molecule has 0 fully saturated rings. The van der Waals surface area contributed by atoms with Gasteiger partial charge in [-0.25, -0.2) is 4.79 Å². The summed E-state index contributed by atoms with van der Waals surface area (Å²) in [5.41, 5.74) is 6.76. The number of aromatic nitrogens is 2. The van der Waals surface area contributed by atoms with Crippen molar-refractivity contribution in [3.8, 4) is 5.69 Å². The molecule has 118 valence electrons. The smallest absolute Gasteiger partial charge is 0.354 e. The van der Waals surface area contributed by atoms with Crippen LogP contribution in [0, 0.1) is 0 Å². The van der Waals surface area contributed by atoms with Crippen molar-refractivity contribution in [2.75, 3.05) is 25.0 Å². The predicted octanol–water partition coefficient (Wildman–Crippen LogP) is 2.43. The highest BCUT2D eigenvalue weighted by atomic mass is 35.5. The maximum Gasteiger partial charge on any atom is 0.354 e. The highest BCUT2D eigenvalue weighted by molar-refractivity contribution is 6.31. The molecule has 0 unspecified atom stereocenters. The molecule has 0 bridgehead atoms. The normalized spacial score (nSPS) is 10.9. The summed E-state index contributed by atoms with van der Waals surface area (Å²) in [6.07, 6.45) is 0. The molecule has 0 aliphatic rings. The first-order valence-corrected chi connectivity index (χ1v) is 7.68. The highest BCUT2D eigenvalue weighted by Gasteiger charge is 2.14. The summed E-state index contributed by atoms with van der Waals surface area (Å²) < 4.78 is 1.57. The number of para-hydroxylation sites is 1. The van der Waals surface area contributed by atoms with Gasteiger partial charge in [0.15, 0.2) is 0 Å². The van der Waals surface area contributed by atoms with E-state index in [1.54, 1.807) is 16.7 Å². The lowest BCUT2D eigenvalue weighted by Gasteiger charge is -2.20. The van der Waals surface area contributed by atoms with Crippen molar-refractivity contribution in [3.63, 3.8) is 0 Å². The molecule has 0 radical (unpaired) electrons. The summed E-state index contributed by atoms with van der Waals surface area (Å²) in [5, 5.41) is 1.43. The fraction of sp³-hybridized carbons (Fsp3) is 0.176. The summed E-state index contributed by atoms with van der Waals surface area (Å²) in [7, 11) is 1.87. The summed E-state index contributed by atoms with van der Waals surface area (Å²) in [6.45, 7) is 1.09. The largest absolute Gasteiger partial charge is 0.358 e. The molecule has 0 atom stereocenters. The van der Waals surface area contributed by atoms with Gasteiger partial charge in [-0.15, -0.1) is 0 Å². The van der Waals surface area contributed by atoms with E-state index in [0.29, 0.717) is 23.9 Å². The average Bonchev–Trinajstić information content (AvgIpc) is 2.55. The third-order valence-corrected chi connectivity index (χ3v) is 3.91. The van der Waals surface area contributed by atoms with Gasteiger partial charge in [0.2, 0.25) is 0 Å². The maximum absolute atomic E-state index is 12.6. The Kier molecular flexibility index (Phi) is 4.32. The Morgan fingerprint density at radius 1 is 1.22 bits per heavy atom. The molecule has 0 aliphatic carbocycles. The minimum absolute atomic E-state index is 0.343. The molecule has 0 amide bonds. The van der Waals surface area contributed by atoms with Gasteiger partial charge in [-0.05, 0) is 30.3 Å². The van der Waals surface area contributed by atoms with Gasteiger partial charge in [-0.2, -0.15) is 4.98 Å². The van der Waals surface area contributed by atoms with Crippen LogP contribution < -0.4 is 16.3 Å². The summed E-state index contributed by atoms with van der Waals surface area (Å²) in [4.78, 5) is 18.8. The lowest BCUT2D eigenvalue weighted by Crippen LogP contribution is -2.30. The zero-order valence-electron chi connectivity index (χ0n) is 12.7. The van der Waals surface area contributed by atoms with Crippen molar-refractivity contribution >= 4 is 28.3 Å². The van der Waals surface area contributed by atoms with Crippen LogP contribution in [0.3, 0.4) is 0 Å². The number of hydrogen-bond donors (Lipinski definition) is 1. The van der Waals surface area contributed by atoms with Crippen molar-refractivity contribution in [1.82, 2.24) is 9.55 Å². The molecule has 0 saturated heterocycles. The number of likely N-dealkylation sites (N-methyl/N-ethyl adjacent to an activating group) is 1. The van der Waals surface area contributed by atoms with E-state index in [1.807, 2.05) is 48.3 Å². The number of nitrogens with two attached hydrogens (primary N) is 1. The first-order valence-electron chi connectivity index (χ1n) is 7.31. The highest BCUT2D eigenvalue weighted by Crippen LogP contribution is 2.26. The molecular formula is C17H17ClN4O. The molecule has 0 saturated carbocycles. The van der Waals surface area contributed by atoms with Gasteiger partial charge in [0.05, 0.1) is 11.2 Å².